The van der Waals surface area contributed by atoms with E-state index in [4.69, 9.17) is 24.9 Å². The van der Waals surface area contributed by atoms with E-state index in [1.54, 1.807) is 0 Å². The first-order valence-corrected chi connectivity index (χ1v) is 44.4. The van der Waals surface area contributed by atoms with Gasteiger partial charge in [0.1, 0.15) is 38.0 Å². The van der Waals surface area contributed by atoms with E-state index in [1.807, 2.05) is 35.3 Å². The van der Waals surface area contributed by atoms with E-state index >= 15 is 0 Å². The van der Waals surface area contributed by atoms with E-state index < -0.39 is 0 Å². The molecule has 0 unspecified atom stereocenters. The van der Waals surface area contributed by atoms with Gasteiger partial charge in [0.2, 0.25) is 0 Å². The van der Waals surface area contributed by atoms with Crippen LogP contribution in [0.2, 0.25) is 0 Å². The maximum absolute atomic E-state index is 5.19. The van der Waals surface area contributed by atoms with Crippen molar-refractivity contribution in [2.75, 3.05) is 0 Å². The first-order valence-electron chi connectivity index (χ1n) is 41.9. The highest BCUT2D eigenvalue weighted by Crippen LogP contribution is 2.59. The zero-order valence-corrected chi connectivity index (χ0v) is 72.0. The molecule has 0 spiro atoms. The molecule has 12 aromatic carbocycles. The number of aryl methyl sites for hydroxylation is 5. The lowest BCUT2D eigenvalue weighted by atomic mass is 9.77. The molecule has 15 heterocycles. The van der Waals surface area contributed by atoms with Gasteiger partial charge in [0.05, 0.1) is 77.9 Å². The first kappa shape index (κ1) is 72.9. The summed E-state index contributed by atoms with van der Waals surface area (Å²) < 4.78 is 11.8. The van der Waals surface area contributed by atoms with Gasteiger partial charge in [0, 0.05) is 79.5 Å². The zero-order chi connectivity index (χ0) is 81.5. The van der Waals surface area contributed by atoms with Crippen molar-refractivity contribution in [3.8, 4) is 0 Å². The molecule has 10 aromatic heterocycles. The van der Waals surface area contributed by atoms with Crippen LogP contribution in [-0.2, 0) is 37.9 Å². The molecule has 584 valence electrons. The van der Waals surface area contributed by atoms with Crippen LogP contribution in [0.25, 0.3) is 137 Å². The lowest BCUT2D eigenvalue weighted by Crippen LogP contribution is -2.30. The standard InChI is InChI=1S/C29H20N2S.2C20H18N2.2C19H16N2S/c1-19-27-29(20-11-4-2-5-12-20,21-13-6-3-7-14-21)32-25-18-10-17-23-22-15-8-9-16-24(22)28(30-19)31(27)26(23)25;1-12-18-20(2,3)11-13-7-6-10-15-14-8-4-5-9-16(14)19(21-12)22(18)17(13)15;1-12-17-11-20(2,3)16-10-6-9-14-13-7-4-5-8-15(13)19(21-12)22(17)18(14)16;1-11-18-21-16-13(9-6-10-15(16)19(2,3)22-18)12-7-4-5-8-14(12)17(21)20-11;1-11-17-19(2,3)22-15-10-6-9-13-12-7-4-5-8-14(12)18(20-11)21(17)16(13)15/h2-18H,1H3;2*4-10H,11H2,1-3H3;2*4-10H,1-3H3. The monoisotopic (exact) mass is 1610 g/mol. The summed E-state index contributed by atoms with van der Waals surface area (Å²) >= 11 is 5.81. The van der Waals surface area contributed by atoms with E-state index in [1.165, 1.54) is 179 Å². The molecule has 0 saturated carbocycles. The number of rotatable bonds is 2. The quantitative estimate of drug-likeness (QED) is 0.158. The van der Waals surface area contributed by atoms with Crippen LogP contribution in [-0.4, -0.2) is 46.9 Å². The van der Waals surface area contributed by atoms with Gasteiger partial charge in [-0.1, -0.05) is 300 Å². The van der Waals surface area contributed by atoms with Gasteiger partial charge < -0.3 is 0 Å². The van der Waals surface area contributed by atoms with Crippen LogP contribution in [0.15, 0.2) is 288 Å². The van der Waals surface area contributed by atoms with Crippen LogP contribution >= 0.6 is 35.3 Å². The SMILES string of the molecule is Cc1nc2c3ccccc3c3cccc4c3n2c1C(C)(C)C4.Cc1nc2c3ccccc3c3cccc4c3n2c1C(C)(C)S4.Cc1nc2c3ccccc3c3cccc4c3n2c1C(c1ccccc1)(c1ccccc1)S4.Cc1nc2c3ccccc3c3cccc4c3n2c1CC4(C)C.Cc1nc2c3ccccc3c3cccc4c3n2c1SC4(C)C. The number of nitrogens with zero attached hydrogens (tertiary/aromatic N) is 10. The van der Waals surface area contributed by atoms with Crippen LogP contribution < -0.4 is 0 Å². The van der Waals surface area contributed by atoms with Gasteiger partial charge in [0.25, 0.3) is 0 Å². The number of aromatic nitrogens is 10. The maximum Gasteiger partial charge on any atom is 0.146 e. The van der Waals surface area contributed by atoms with Crippen molar-refractivity contribution in [2.24, 2.45) is 0 Å². The molecule has 120 heavy (non-hydrogen) atoms. The molecule has 0 saturated heterocycles. The normalized spacial score (nSPS) is 15.7. The number of pyridine rings is 5. The van der Waals surface area contributed by atoms with Gasteiger partial charge in [-0.25, -0.2) is 24.9 Å². The number of fused-ring (bicyclic) bond motifs is 15. The van der Waals surface area contributed by atoms with Crippen LogP contribution in [0.1, 0.15) is 134 Å². The van der Waals surface area contributed by atoms with Gasteiger partial charge in [0.15, 0.2) is 0 Å². The summed E-state index contributed by atoms with van der Waals surface area (Å²) in [7, 11) is 0. The van der Waals surface area contributed by atoms with Crippen LogP contribution in [0.4, 0.5) is 0 Å². The predicted molar refractivity (Wildman–Crippen MR) is 505 cm³/mol. The topological polar surface area (TPSA) is 86.5 Å². The second-order valence-electron chi connectivity index (χ2n) is 35.7. The Morgan fingerprint density at radius 2 is 0.600 bits per heavy atom. The van der Waals surface area contributed by atoms with Crippen molar-refractivity contribution in [1.29, 1.82) is 0 Å². The lowest BCUT2D eigenvalue weighted by Gasteiger charge is -2.38. The van der Waals surface area contributed by atoms with Crippen molar-refractivity contribution < 1.29 is 0 Å². The maximum atomic E-state index is 5.19. The third-order valence-corrected chi connectivity index (χ3v) is 30.6. The minimum atomic E-state index is -0.379. The summed E-state index contributed by atoms with van der Waals surface area (Å²) in [4.78, 5) is 27.6. The fraction of sp³-hybridized carbons (Fsp3) is 0.187. The van der Waals surface area contributed by atoms with Gasteiger partial charge in [-0.3, -0.25) is 22.0 Å². The lowest BCUT2D eigenvalue weighted by molar-refractivity contribution is 0.491. The Labute approximate surface area is 708 Å². The number of imidazole rings is 5. The smallest absolute Gasteiger partial charge is 0.146 e. The van der Waals surface area contributed by atoms with E-state index in [0.29, 0.717) is 0 Å². The highest BCUT2D eigenvalue weighted by Gasteiger charge is 2.46. The average molecular weight is 1610 g/mol. The summed E-state index contributed by atoms with van der Waals surface area (Å²) in [6.45, 7) is 29.3. The third kappa shape index (κ3) is 10.3. The summed E-state index contributed by atoms with van der Waals surface area (Å²) in [5.74, 6) is 0. The van der Waals surface area contributed by atoms with Gasteiger partial charge in [-0.2, -0.15) is 0 Å². The summed E-state index contributed by atoms with van der Waals surface area (Å²) in [6.07, 6.45) is 2.12. The van der Waals surface area contributed by atoms with Crippen LogP contribution in [0.3, 0.4) is 0 Å². The predicted octanol–water partition coefficient (Wildman–Crippen LogP) is 27.5. The number of thioether (sulfide) groups is 3. The molecule has 0 radical (unpaired) electrons. The van der Waals surface area contributed by atoms with E-state index in [2.05, 4.69) is 385 Å². The molecule has 0 aliphatic carbocycles. The Morgan fingerprint density at radius 3 is 1.10 bits per heavy atom. The summed E-state index contributed by atoms with van der Waals surface area (Å²) in [5.41, 5.74) is 30.2. The molecule has 0 amide bonds. The second-order valence-corrected chi connectivity index (χ2v) is 40.2. The average Bonchev–Trinajstić information content (AvgIpc) is 1.43. The minimum Gasteiger partial charge on any atom is -0.296 e. The minimum absolute atomic E-state index is 0.0350. The van der Waals surface area contributed by atoms with Crippen molar-refractivity contribution in [2.45, 2.75) is 143 Å². The Morgan fingerprint density at radius 1 is 0.250 bits per heavy atom. The molecule has 13 heteroatoms. The zero-order valence-electron chi connectivity index (χ0n) is 69.6. The molecule has 0 atom stereocenters. The molecular weight excluding hydrogens is 1520 g/mol. The van der Waals surface area contributed by atoms with Crippen molar-refractivity contribution in [1.82, 2.24) is 46.9 Å². The Balaban J connectivity index is 0.0000000883. The second kappa shape index (κ2) is 26.1. The molecule has 0 fully saturated rings. The van der Waals surface area contributed by atoms with Crippen LogP contribution in [0, 0.1) is 34.6 Å². The summed E-state index contributed by atoms with van der Waals surface area (Å²) in [6, 6.07) is 98.5. The van der Waals surface area contributed by atoms with Crippen molar-refractivity contribution >= 4 is 172 Å². The molecule has 5 aliphatic rings. The number of hydrogen-bond acceptors (Lipinski definition) is 8. The van der Waals surface area contributed by atoms with E-state index in [-0.39, 0.29) is 25.1 Å². The number of para-hydroxylation sites is 5. The largest absolute Gasteiger partial charge is 0.296 e. The van der Waals surface area contributed by atoms with Gasteiger partial charge >= 0.3 is 0 Å². The first-order chi connectivity index (χ1) is 58.1. The Bertz CT molecular complexity index is 7820. The molecule has 10 nitrogen and oxygen atoms in total. The third-order valence-electron chi connectivity index (χ3n) is 26.4. The van der Waals surface area contributed by atoms with Crippen LogP contribution in [0.5, 0.6) is 0 Å². The summed E-state index contributed by atoms with van der Waals surface area (Å²) in [5, 5.41) is 20.6. The molecule has 0 bridgehead atoms. The Kier molecular flexibility index (Phi) is 15.9. The van der Waals surface area contributed by atoms with Gasteiger partial charge in [-0.05, 0) is 147 Å². The fourth-order valence-electron chi connectivity index (χ4n) is 21.6. The number of hydrogen-bond donors (Lipinski definition) is 0. The highest BCUT2D eigenvalue weighted by molar-refractivity contribution is 8.01. The highest BCUT2D eigenvalue weighted by atomic mass is 32.2. The van der Waals surface area contributed by atoms with E-state index in [0.717, 1.165) is 63.9 Å². The van der Waals surface area contributed by atoms with Crippen molar-refractivity contribution in [3.63, 3.8) is 0 Å². The molecular formula is C107H88N10S3. The van der Waals surface area contributed by atoms with Crippen molar-refractivity contribution in [3.05, 3.63) is 352 Å². The molecule has 27 rings (SSSR count). The molecule has 0 N–H and O–H groups in total. The molecule has 5 aliphatic heterocycles. The fourth-order valence-corrected chi connectivity index (χ4v) is 25.8. The number of benzene rings is 12. The Hall–Kier alpha value is -12.3. The van der Waals surface area contributed by atoms with E-state index in [9.17, 15) is 0 Å². The molecule has 22 aromatic rings. The van der Waals surface area contributed by atoms with Gasteiger partial charge in [-0.15, -0.1) is 23.5 Å².